The fourth-order valence-electron chi connectivity index (χ4n) is 2.04. The van der Waals surface area contributed by atoms with Crippen LogP contribution in [0.2, 0.25) is 0 Å². The molecule has 0 fully saturated rings. The van der Waals surface area contributed by atoms with Crippen molar-refractivity contribution in [1.82, 2.24) is 9.97 Å². The molecule has 18 heavy (non-hydrogen) atoms. The maximum Gasteiger partial charge on any atom is 0.305 e. The summed E-state index contributed by atoms with van der Waals surface area (Å²) >= 11 is 1.56. The molecular weight excluding hydrogens is 250 g/mol. The summed E-state index contributed by atoms with van der Waals surface area (Å²) < 4.78 is 0. The van der Waals surface area contributed by atoms with Gasteiger partial charge in [-0.15, -0.1) is 11.3 Å². The lowest BCUT2D eigenvalue weighted by atomic mass is 10.2. The molecule has 1 atom stereocenters. The lowest BCUT2D eigenvalue weighted by Crippen LogP contribution is -2.35. The molecule has 2 aromatic heterocycles. The molecule has 0 saturated carbocycles. The van der Waals surface area contributed by atoms with Crippen molar-refractivity contribution in [2.24, 2.45) is 0 Å². The van der Waals surface area contributed by atoms with Crippen LogP contribution in [0.25, 0.3) is 10.2 Å². The Morgan fingerprint density at radius 1 is 1.56 bits per heavy atom. The number of carboxylic acids is 1. The highest BCUT2D eigenvalue weighted by molar-refractivity contribution is 7.16. The molecule has 0 aliphatic rings. The number of carbonyl (C=O) groups is 1. The number of nitrogens with zero attached hydrogens (tertiary/aromatic N) is 3. The zero-order chi connectivity index (χ0) is 13.1. The molecule has 1 unspecified atom stereocenters. The molecule has 96 valence electrons. The standard InChI is InChI=1S/C12H15N3O2S/c1-3-15(8(2)6-10(16)17)11-9-4-5-18-12(9)14-7-13-11/h4-5,7-8H,3,6H2,1-2H3,(H,16,17). The molecule has 0 aliphatic carbocycles. The first-order chi connectivity index (χ1) is 8.63. The number of hydrogen-bond donors (Lipinski definition) is 1. The number of rotatable bonds is 5. The van der Waals surface area contributed by atoms with Crippen LogP contribution < -0.4 is 4.90 Å². The average Bonchev–Trinajstić information content (AvgIpc) is 2.77. The smallest absolute Gasteiger partial charge is 0.305 e. The van der Waals surface area contributed by atoms with E-state index in [1.165, 1.54) is 6.33 Å². The van der Waals surface area contributed by atoms with E-state index in [4.69, 9.17) is 5.11 Å². The first-order valence-electron chi connectivity index (χ1n) is 5.80. The van der Waals surface area contributed by atoms with Gasteiger partial charge in [-0.3, -0.25) is 4.79 Å². The van der Waals surface area contributed by atoms with Gasteiger partial charge in [-0.05, 0) is 25.3 Å². The Kier molecular flexibility index (Phi) is 3.76. The van der Waals surface area contributed by atoms with Crippen LogP contribution >= 0.6 is 11.3 Å². The summed E-state index contributed by atoms with van der Waals surface area (Å²) in [6.45, 7) is 4.62. The molecule has 0 spiro atoms. The first-order valence-corrected chi connectivity index (χ1v) is 6.68. The number of aliphatic carboxylic acids is 1. The topological polar surface area (TPSA) is 66.3 Å². The van der Waals surface area contributed by atoms with E-state index in [0.29, 0.717) is 0 Å². The lowest BCUT2D eigenvalue weighted by Gasteiger charge is -2.28. The number of thiophene rings is 1. The average molecular weight is 265 g/mol. The zero-order valence-corrected chi connectivity index (χ0v) is 11.1. The molecule has 0 bridgehead atoms. The van der Waals surface area contributed by atoms with Crippen LogP contribution in [0, 0.1) is 0 Å². The number of carboxylic acid groups (broad SMARTS) is 1. The summed E-state index contributed by atoms with van der Waals surface area (Å²) in [5, 5.41) is 11.8. The largest absolute Gasteiger partial charge is 0.481 e. The minimum absolute atomic E-state index is 0.0921. The number of aromatic nitrogens is 2. The van der Waals surface area contributed by atoms with Crippen molar-refractivity contribution in [2.45, 2.75) is 26.3 Å². The van der Waals surface area contributed by atoms with E-state index in [2.05, 4.69) is 9.97 Å². The maximum absolute atomic E-state index is 10.8. The summed E-state index contributed by atoms with van der Waals surface area (Å²) in [4.78, 5) is 22.3. The van der Waals surface area contributed by atoms with E-state index in [9.17, 15) is 4.79 Å². The fourth-order valence-corrected chi connectivity index (χ4v) is 2.77. The highest BCUT2D eigenvalue weighted by Crippen LogP contribution is 2.28. The summed E-state index contributed by atoms with van der Waals surface area (Å²) in [6.07, 6.45) is 1.63. The quantitative estimate of drug-likeness (QED) is 0.899. The van der Waals surface area contributed by atoms with Crippen LogP contribution in [-0.4, -0.2) is 33.6 Å². The SMILES string of the molecule is CCN(c1ncnc2sccc12)C(C)CC(=O)O. The van der Waals surface area contributed by atoms with Gasteiger partial charge < -0.3 is 10.0 Å². The Labute approximate surface area is 109 Å². The minimum atomic E-state index is -0.795. The monoisotopic (exact) mass is 265 g/mol. The van der Waals surface area contributed by atoms with Crippen LogP contribution in [-0.2, 0) is 4.79 Å². The predicted octanol–water partition coefficient (Wildman–Crippen LogP) is 2.38. The van der Waals surface area contributed by atoms with Gasteiger partial charge in [0.05, 0.1) is 11.8 Å². The summed E-state index contributed by atoms with van der Waals surface area (Å²) in [6, 6.07) is 1.89. The summed E-state index contributed by atoms with van der Waals surface area (Å²) in [5.74, 6) is 0.0223. The zero-order valence-electron chi connectivity index (χ0n) is 10.3. The number of fused-ring (bicyclic) bond motifs is 1. The van der Waals surface area contributed by atoms with E-state index in [-0.39, 0.29) is 12.5 Å². The van der Waals surface area contributed by atoms with Gasteiger partial charge in [0.1, 0.15) is 17.0 Å². The van der Waals surface area contributed by atoms with Crippen molar-refractivity contribution < 1.29 is 9.90 Å². The van der Waals surface area contributed by atoms with E-state index in [0.717, 1.165) is 22.6 Å². The maximum atomic E-state index is 10.8. The Bertz CT molecular complexity index is 555. The first kappa shape index (κ1) is 12.8. The van der Waals surface area contributed by atoms with Gasteiger partial charge in [-0.25, -0.2) is 9.97 Å². The van der Waals surface area contributed by atoms with Gasteiger partial charge in [-0.1, -0.05) is 0 Å². The second-order valence-electron chi connectivity index (χ2n) is 4.07. The van der Waals surface area contributed by atoms with Crippen molar-refractivity contribution in [1.29, 1.82) is 0 Å². The minimum Gasteiger partial charge on any atom is -0.481 e. The van der Waals surface area contributed by atoms with Crippen LogP contribution in [0.5, 0.6) is 0 Å². The van der Waals surface area contributed by atoms with Gasteiger partial charge in [0.2, 0.25) is 0 Å². The molecule has 0 saturated heterocycles. The van der Waals surface area contributed by atoms with Crippen LogP contribution in [0.1, 0.15) is 20.3 Å². The van der Waals surface area contributed by atoms with Gasteiger partial charge in [0.25, 0.3) is 0 Å². The highest BCUT2D eigenvalue weighted by atomic mass is 32.1. The molecule has 0 radical (unpaired) electrons. The molecular formula is C12H15N3O2S. The van der Waals surface area contributed by atoms with Crippen molar-refractivity contribution in [3.8, 4) is 0 Å². The lowest BCUT2D eigenvalue weighted by molar-refractivity contribution is -0.137. The Morgan fingerprint density at radius 3 is 3.00 bits per heavy atom. The Balaban J connectivity index is 2.37. The molecule has 5 nitrogen and oxygen atoms in total. The van der Waals surface area contributed by atoms with Crippen molar-refractivity contribution >= 4 is 33.3 Å². The van der Waals surface area contributed by atoms with Crippen LogP contribution in [0.4, 0.5) is 5.82 Å². The van der Waals surface area contributed by atoms with Gasteiger partial charge in [-0.2, -0.15) is 0 Å². The second-order valence-corrected chi connectivity index (χ2v) is 4.96. The molecule has 6 heteroatoms. The normalized spacial score (nSPS) is 12.6. The number of hydrogen-bond acceptors (Lipinski definition) is 5. The van der Waals surface area contributed by atoms with E-state index in [1.807, 2.05) is 30.2 Å². The Morgan fingerprint density at radius 2 is 2.33 bits per heavy atom. The van der Waals surface area contributed by atoms with Gasteiger partial charge in [0, 0.05) is 12.6 Å². The summed E-state index contributed by atoms with van der Waals surface area (Å²) in [7, 11) is 0. The molecule has 0 aliphatic heterocycles. The van der Waals surface area contributed by atoms with Crippen LogP contribution in [0.3, 0.4) is 0 Å². The molecule has 0 amide bonds. The van der Waals surface area contributed by atoms with E-state index in [1.54, 1.807) is 11.3 Å². The van der Waals surface area contributed by atoms with Gasteiger partial charge in [0.15, 0.2) is 0 Å². The molecule has 2 rings (SSSR count). The van der Waals surface area contributed by atoms with Crippen molar-refractivity contribution in [2.75, 3.05) is 11.4 Å². The highest BCUT2D eigenvalue weighted by Gasteiger charge is 2.19. The predicted molar refractivity (Wildman–Crippen MR) is 72.1 cm³/mol. The fraction of sp³-hybridized carbons (Fsp3) is 0.417. The van der Waals surface area contributed by atoms with Crippen molar-refractivity contribution in [3.05, 3.63) is 17.8 Å². The molecule has 0 aromatic carbocycles. The molecule has 1 N–H and O–H groups in total. The number of anilines is 1. The molecule has 2 aromatic rings. The van der Waals surface area contributed by atoms with E-state index >= 15 is 0 Å². The molecule has 2 heterocycles. The third-order valence-corrected chi connectivity index (χ3v) is 3.68. The second kappa shape index (κ2) is 5.30. The van der Waals surface area contributed by atoms with Gasteiger partial charge >= 0.3 is 5.97 Å². The third-order valence-electron chi connectivity index (χ3n) is 2.86. The van der Waals surface area contributed by atoms with E-state index < -0.39 is 5.97 Å². The van der Waals surface area contributed by atoms with Crippen molar-refractivity contribution in [3.63, 3.8) is 0 Å². The third kappa shape index (κ3) is 2.43. The summed E-state index contributed by atoms with van der Waals surface area (Å²) in [5.41, 5.74) is 0. The van der Waals surface area contributed by atoms with Crippen LogP contribution in [0.15, 0.2) is 17.8 Å². The Hall–Kier alpha value is -1.69.